The molecule has 5 amide bonds. The minimum Gasteiger partial charge on any atom is -0.441 e. The van der Waals surface area contributed by atoms with Crippen molar-refractivity contribution in [2.75, 3.05) is 18.0 Å². The molecule has 2 aliphatic rings. The van der Waals surface area contributed by atoms with Gasteiger partial charge in [0.05, 0.1) is 30.0 Å². The fourth-order valence-electron chi connectivity index (χ4n) is 5.93. The van der Waals surface area contributed by atoms with Crippen LogP contribution in [0.5, 0.6) is 0 Å². The number of ether oxygens (including phenoxy) is 1. The highest BCUT2D eigenvalue weighted by Crippen LogP contribution is 2.37. The average molecular weight is 606 g/mol. The molecule has 10 nitrogen and oxygen atoms in total. The molecule has 0 radical (unpaired) electrons. The molecule has 2 saturated heterocycles. The minimum atomic E-state index is -0.789. The van der Waals surface area contributed by atoms with Crippen LogP contribution in [0.1, 0.15) is 61.3 Å². The van der Waals surface area contributed by atoms with Crippen molar-refractivity contribution in [3.05, 3.63) is 60.7 Å². The highest BCUT2D eigenvalue weighted by molar-refractivity contribution is 5.96. The zero-order chi connectivity index (χ0) is 32.2. The summed E-state index contributed by atoms with van der Waals surface area (Å²) in [5.41, 5.74) is 0.690. The third kappa shape index (κ3) is 7.17. The molecule has 0 spiro atoms. The Morgan fingerprint density at radius 1 is 0.909 bits per heavy atom. The van der Waals surface area contributed by atoms with Crippen molar-refractivity contribution in [1.82, 2.24) is 20.4 Å². The van der Waals surface area contributed by atoms with Crippen LogP contribution < -0.4 is 15.5 Å². The number of rotatable bonds is 8. The number of carbonyl (C=O) groups is 4. The number of hydrogen-bond acceptors (Lipinski definition) is 5. The van der Waals surface area contributed by atoms with Crippen molar-refractivity contribution in [2.45, 2.75) is 91.6 Å². The lowest BCUT2D eigenvalue weighted by Crippen LogP contribution is -2.58. The van der Waals surface area contributed by atoms with Crippen LogP contribution >= 0.6 is 0 Å². The van der Waals surface area contributed by atoms with Crippen LogP contribution in [0.15, 0.2) is 60.7 Å². The molecule has 5 atom stereocenters. The summed E-state index contributed by atoms with van der Waals surface area (Å²) in [7, 11) is 0. The summed E-state index contributed by atoms with van der Waals surface area (Å²) in [6.07, 6.45) is -0.192. The van der Waals surface area contributed by atoms with Gasteiger partial charge in [-0.25, -0.2) is 14.5 Å². The van der Waals surface area contributed by atoms with Gasteiger partial charge in [0.15, 0.2) is 0 Å². The largest absolute Gasteiger partial charge is 0.441 e. The molecule has 0 bridgehead atoms. The number of carbonyl (C=O) groups excluding carboxylic acids is 4. The monoisotopic (exact) mass is 605 g/mol. The molecule has 44 heavy (non-hydrogen) atoms. The SMILES string of the molecule is CC[C@@H](C)C(=O)N[C@H](C(=O)N1CC[C@@H]2[C@H]1[C@@H](OC(=O)N(c1ccccc1)c1ccccc1)CN2C(=O)NC(C)C)C(C)(C)C. The van der Waals surface area contributed by atoms with Crippen molar-refractivity contribution in [3.63, 3.8) is 0 Å². The Kier molecular flexibility index (Phi) is 10.2. The maximum Gasteiger partial charge on any atom is 0.419 e. The molecule has 4 rings (SSSR count). The summed E-state index contributed by atoms with van der Waals surface area (Å²) in [5.74, 6) is -0.654. The standard InChI is InChI=1S/C34H47N5O5/c1-8-23(4)30(40)36-29(34(5,6)7)31(41)37-20-19-26-28(37)27(21-38(26)32(42)35-22(2)3)44-33(43)39(24-15-11-9-12-16-24)25-17-13-10-14-18-25/h9-18,22-23,26-29H,8,19-21H2,1-7H3,(H,35,42)(H,36,40)/t23-,26-,27+,28+,29-/m1/s1. The number of nitrogens with zero attached hydrogens (tertiary/aromatic N) is 3. The Hall–Kier alpha value is -4.08. The van der Waals surface area contributed by atoms with Gasteiger partial charge in [0.2, 0.25) is 11.8 Å². The van der Waals surface area contributed by atoms with Crippen molar-refractivity contribution < 1.29 is 23.9 Å². The first-order valence-electron chi connectivity index (χ1n) is 15.6. The molecule has 2 fully saturated rings. The van der Waals surface area contributed by atoms with Crippen LogP contribution in [-0.2, 0) is 14.3 Å². The van der Waals surface area contributed by atoms with Crippen molar-refractivity contribution in [1.29, 1.82) is 0 Å². The van der Waals surface area contributed by atoms with Crippen LogP contribution in [-0.4, -0.2) is 77.1 Å². The molecule has 2 aromatic carbocycles. The Morgan fingerprint density at radius 3 is 1.98 bits per heavy atom. The first-order chi connectivity index (χ1) is 20.8. The zero-order valence-electron chi connectivity index (χ0n) is 26.9. The lowest BCUT2D eigenvalue weighted by molar-refractivity contribution is -0.142. The molecule has 2 N–H and O–H groups in total. The molecule has 2 heterocycles. The third-order valence-electron chi connectivity index (χ3n) is 8.46. The molecule has 0 unspecified atom stereocenters. The van der Waals surface area contributed by atoms with E-state index in [1.165, 1.54) is 4.90 Å². The molecule has 0 aromatic heterocycles. The molecular formula is C34H47N5O5. The predicted octanol–water partition coefficient (Wildman–Crippen LogP) is 5.31. The normalized spacial score (nSPS) is 21.0. The quantitative estimate of drug-likeness (QED) is 0.424. The number of hydrogen-bond donors (Lipinski definition) is 2. The Balaban J connectivity index is 1.67. The van der Waals surface area contributed by atoms with E-state index in [-0.39, 0.29) is 42.4 Å². The zero-order valence-corrected chi connectivity index (χ0v) is 26.9. The van der Waals surface area contributed by atoms with Crippen LogP contribution in [0.2, 0.25) is 0 Å². The first-order valence-corrected chi connectivity index (χ1v) is 15.6. The van der Waals surface area contributed by atoms with Gasteiger partial charge in [-0.05, 0) is 56.4 Å². The molecule has 2 aliphatic heterocycles. The van der Waals surface area contributed by atoms with E-state index in [0.29, 0.717) is 30.8 Å². The highest BCUT2D eigenvalue weighted by Gasteiger charge is 2.55. The van der Waals surface area contributed by atoms with E-state index < -0.39 is 29.7 Å². The average Bonchev–Trinajstić information content (AvgIpc) is 3.57. The van der Waals surface area contributed by atoms with Crippen molar-refractivity contribution in [3.8, 4) is 0 Å². The van der Waals surface area contributed by atoms with Gasteiger partial charge in [-0.2, -0.15) is 0 Å². The Morgan fingerprint density at radius 2 is 1.48 bits per heavy atom. The van der Waals surface area contributed by atoms with Gasteiger partial charge in [0.25, 0.3) is 0 Å². The van der Waals surface area contributed by atoms with E-state index in [4.69, 9.17) is 4.74 Å². The van der Waals surface area contributed by atoms with E-state index in [1.807, 2.05) is 109 Å². The van der Waals surface area contributed by atoms with Gasteiger partial charge < -0.3 is 25.2 Å². The second-order valence-electron chi connectivity index (χ2n) is 13.2. The van der Waals surface area contributed by atoms with E-state index in [1.54, 1.807) is 9.80 Å². The fourth-order valence-corrected chi connectivity index (χ4v) is 5.93. The molecule has 10 heteroatoms. The van der Waals surface area contributed by atoms with E-state index in [9.17, 15) is 19.2 Å². The predicted molar refractivity (Wildman–Crippen MR) is 170 cm³/mol. The number of amides is 5. The van der Waals surface area contributed by atoms with Crippen LogP contribution in [0.3, 0.4) is 0 Å². The van der Waals surface area contributed by atoms with Gasteiger partial charge >= 0.3 is 12.1 Å². The van der Waals surface area contributed by atoms with Gasteiger partial charge in [0, 0.05) is 18.5 Å². The van der Waals surface area contributed by atoms with Crippen LogP contribution in [0.4, 0.5) is 21.0 Å². The molecular weight excluding hydrogens is 558 g/mol. The molecule has 0 aliphatic carbocycles. The Bertz CT molecular complexity index is 1270. The smallest absolute Gasteiger partial charge is 0.419 e. The van der Waals surface area contributed by atoms with Crippen LogP contribution in [0.25, 0.3) is 0 Å². The molecule has 2 aromatic rings. The molecule has 238 valence electrons. The number of para-hydroxylation sites is 2. The number of anilines is 2. The number of fused-ring (bicyclic) bond motifs is 1. The molecule has 0 saturated carbocycles. The fraction of sp³-hybridized carbons (Fsp3) is 0.529. The summed E-state index contributed by atoms with van der Waals surface area (Å²) in [4.78, 5) is 59.5. The number of nitrogens with one attached hydrogen (secondary N) is 2. The lowest BCUT2D eigenvalue weighted by atomic mass is 9.85. The second kappa shape index (κ2) is 13.7. The minimum absolute atomic E-state index is 0.0885. The lowest BCUT2D eigenvalue weighted by Gasteiger charge is -2.37. The van der Waals surface area contributed by atoms with Gasteiger partial charge in [0.1, 0.15) is 12.1 Å². The first kappa shape index (κ1) is 32.8. The van der Waals surface area contributed by atoms with Crippen molar-refractivity contribution >= 4 is 35.3 Å². The third-order valence-corrected chi connectivity index (χ3v) is 8.46. The number of likely N-dealkylation sites (tertiary alicyclic amines) is 2. The van der Waals surface area contributed by atoms with E-state index in [0.717, 1.165) is 0 Å². The number of benzene rings is 2. The summed E-state index contributed by atoms with van der Waals surface area (Å²) >= 11 is 0. The van der Waals surface area contributed by atoms with Gasteiger partial charge in [-0.1, -0.05) is 71.0 Å². The van der Waals surface area contributed by atoms with Crippen LogP contribution in [0, 0.1) is 11.3 Å². The van der Waals surface area contributed by atoms with Gasteiger partial charge in [-0.3, -0.25) is 9.59 Å². The van der Waals surface area contributed by atoms with Crippen molar-refractivity contribution in [2.24, 2.45) is 11.3 Å². The summed E-state index contributed by atoms with van der Waals surface area (Å²) in [6, 6.07) is 16.4. The highest BCUT2D eigenvalue weighted by atomic mass is 16.6. The summed E-state index contributed by atoms with van der Waals surface area (Å²) in [5, 5.41) is 5.96. The maximum absolute atomic E-state index is 14.3. The van der Waals surface area contributed by atoms with Gasteiger partial charge in [-0.15, -0.1) is 0 Å². The van der Waals surface area contributed by atoms with E-state index >= 15 is 0 Å². The topological polar surface area (TPSA) is 111 Å². The maximum atomic E-state index is 14.3. The summed E-state index contributed by atoms with van der Waals surface area (Å²) in [6.45, 7) is 13.8. The number of urea groups is 1. The second-order valence-corrected chi connectivity index (χ2v) is 13.2. The van der Waals surface area contributed by atoms with E-state index in [2.05, 4.69) is 10.6 Å². The summed E-state index contributed by atoms with van der Waals surface area (Å²) < 4.78 is 6.25. The Labute approximate surface area is 261 Å².